The van der Waals surface area contributed by atoms with Crippen LogP contribution in [0.2, 0.25) is 4.34 Å². The summed E-state index contributed by atoms with van der Waals surface area (Å²) < 4.78 is 31.6. The molecule has 4 aromatic rings. The summed E-state index contributed by atoms with van der Waals surface area (Å²) in [5.74, 6) is -0.504. The Bertz CT molecular complexity index is 1520. The third-order valence-corrected chi connectivity index (χ3v) is 8.12. The highest BCUT2D eigenvalue weighted by Gasteiger charge is 2.30. The number of anilines is 1. The van der Waals surface area contributed by atoms with Gasteiger partial charge in [-0.05, 0) is 35.7 Å². The standard InChI is InChI=1S/C19H12ClN3O4S3/c20-14-6-5-10(29-14)9-23-12-7-8-28-17(12)16(24)15(19(23)25)18-21-11-3-1-2-4-13(11)30(26,27)22-18/h1-8,24H,9H2,(H,21,22). The quantitative estimate of drug-likeness (QED) is 0.462. The third-order valence-electron chi connectivity index (χ3n) is 4.66. The number of halogens is 1. The van der Waals surface area contributed by atoms with Gasteiger partial charge in [-0.1, -0.05) is 23.7 Å². The fraction of sp³-hybridized carbons (Fsp3) is 0.0526. The van der Waals surface area contributed by atoms with Gasteiger partial charge >= 0.3 is 0 Å². The van der Waals surface area contributed by atoms with Gasteiger partial charge < -0.3 is 15.0 Å². The second-order valence-corrected chi connectivity index (χ2v) is 10.8. The molecule has 1 aromatic carbocycles. The van der Waals surface area contributed by atoms with E-state index in [9.17, 15) is 18.3 Å². The molecule has 0 bridgehead atoms. The fourth-order valence-corrected chi connectivity index (χ4v) is 6.38. The molecule has 152 valence electrons. The van der Waals surface area contributed by atoms with Crippen LogP contribution >= 0.6 is 34.3 Å². The molecule has 0 unspecified atom stereocenters. The zero-order valence-corrected chi connectivity index (χ0v) is 18.2. The molecule has 3 aromatic heterocycles. The number of para-hydroxylation sites is 1. The van der Waals surface area contributed by atoms with Crippen molar-refractivity contribution in [2.24, 2.45) is 4.40 Å². The average molecular weight is 478 g/mol. The summed E-state index contributed by atoms with van der Waals surface area (Å²) in [5, 5.41) is 15.5. The first-order valence-corrected chi connectivity index (χ1v) is 12.1. The molecule has 0 spiro atoms. The van der Waals surface area contributed by atoms with Gasteiger partial charge in [0.25, 0.3) is 15.6 Å². The van der Waals surface area contributed by atoms with Crippen molar-refractivity contribution < 1.29 is 13.5 Å². The number of nitrogens with one attached hydrogen (secondary N) is 1. The predicted molar refractivity (Wildman–Crippen MR) is 120 cm³/mol. The minimum absolute atomic E-state index is 0.0130. The summed E-state index contributed by atoms with van der Waals surface area (Å²) in [6.45, 7) is 0.230. The van der Waals surface area contributed by atoms with Gasteiger partial charge in [-0.3, -0.25) is 4.79 Å². The Morgan fingerprint density at radius 3 is 2.73 bits per heavy atom. The monoisotopic (exact) mass is 477 g/mol. The van der Waals surface area contributed by atoms with Crippen molar-refractivity contribution >= 4 is 66.0 Å². The largest absolute Gasteiger partial charge is 0.505 e. The van der Waals surface area contributed by atoms with Crippen LogP contribution in [-0.4, -0.2) is 23.9 Å². The van der Waals surface area contributed by atoms with Crippen molar-refractivity contribution in [3.05, 3.63) is 73.0 Å². The van der Waals surface area contributed by atoms with E-state index in [1.54, 1.807) is 35.7 Å². The van der Waals surface area contributed by atoms with Crippen molar-refractivity contribution in [3.63, 3.8) is 0 Å². The van der Waals surface area contributed by atoms with Crippen LogP contribution < -0.4 is 10.9 Å². The Hall–Kier alpha value is -2.66. The van der Waals surface area contributed by atoms with Crippen molar-refractivity contribution in [2.75, 3.05) is 5.32 Å². The zero-order chi connectivity index (χ0) is 21.0. The molecule has 0 saturated heterocycles. The number of rotatable bonds is 3. The Balaban J connectivity index is 1.75. The molecule has 5 rings (SSSR count). The highest BCUT2D eigenvalue weighted by Crippen LogP contribution is 2.35. The molecule has 30 heavy (non-hydrogen) atoms. The number of hydrogen-bond donors (Lipinski definition) is 2. The Morgan fingerprint density at radius 2 is 1.97 bits per heavy atom. The maximum Gasteiger partial charge on any atom is 0.286 e. The molecule has 4 heterocycles. The number of sulfonamides is 1. The van der Waals surface area contributed by atoms with E-state index in [2.05, 4.69) is 9.71 Å². The fourth-order valence-electron chi connectivity index (χ4n) is 3.34. The van der Waals surface area contributed by atoms with Gasteiger partial charge in [-0.15, -0.1) is 27.1 Å². The van der Waals surface area contributed by atoms with Gasteiger partial charge in [-0.2, -0.15) is 8.42 Å². The molecule has 11 heteroatoms. The molecule has 0 radical (unpaired) electrons. The Morgan fingerprint density at radius 1 is 1.17 bits per heavy atom. The van der Waals surface area contributed by atoms with Crippen molar-refractivity contribution in [3.8, 4) is 5.75 Å². The summed E-state index contributed by atoms with van der Waals surface area (Å²) in [6, 6.07) is 11.6. The molecule has 0 amide bonds. The van der Waals surface area contributed by atoms with Crippen LogP contribution in [0, 0.1) is 0 Å². The van der Waals surface area contributed by atoms with Crippen molar-refractivity contribution in [1.29, 1.82) is 0 Å². The van der Waals surface area contributed by atoms with Crippen LogP contribution in [0.15, 0.2) is 61.9 Å². The smallest absolute Gasteiger partial charge is 0.286 e. The lowest BCUT2D eigenvalue weighted by molar-refractivity contribution is 0.479. The van der Waals surface area contributed by atoms with Crippen LogP contribution in [-0.2, 0) is 16.6 Å². The lowest BCUT2D eigenvalue weighted by atomic mass is 10.2. The summed E-state index contributed by atoms with van der Waals surface area (Å²) in [6.07, 6.45) is 0. The minimum Gasteiger partial charge on any atom is -0.505 e. The average Bonchev–Trinajstić information content (AvgIpc) is 3.34. The SMILES string of the molecule is O=c1c(C2=NS(=O)(=O)c3ccccc3N2)c(O)c2sccc2n1Cc1ccc(Cl)s1. The topological polar surface area (TPSA) is 101 Å². The van der Waals surface area contributed by atoms with Crippen LogP contribution in [0.25, 0.3) is 10.2 Å². The highest BCUT2D eigenvalue weighted by atomic mass is 35.5. The van der Waals surface area contributed by atoms with E-state index in [4.69, 9.17) is 11.6 Å². The van der Waals surface area contributed by atoms with E-state index >= 15 is 0 Å². The van der Waals surface area contributed by atoms with Gasteiger partial charge in [0.05, 0.1) is 26.8 Å². The van der Waals surface area contributed by atoms with Gasteiger partial charge in [0.2, 0.25) is 0 Å². The molecule has 7 nitrogen and oxygen atoms in total. The summed E-state index contributed by atoms with van der Waals surface area (Å²) in [4.78, 5) is 14.3. The van der Waals surface area contributed by atoms with Gasteiger partial charge in [0.1, 0.15) is 10.5 Å². The lowest BCUT2D eigenvalue weighted by Gasteiger charge is -2.19. The molecule has 0 atom stereocenters. The molecular formula is C19H12ClN3O4S3. The Kier molecular flexibility index (Phi) is 4.47. The number of benzene rings is 1. The van der Waals surface area contributed by atoms with E-state index in [0.717, 1.165) is 4.88 Å². The molecule has 0 aliphatic carbocycles. The van der Waals surface area contributed by atoms with E-state index in [-0.39, 0.29) is 28.6 Å². The van der Waals surface area contributed by atoms with Crippen LogP contribution in [0.1, 0.15) is 10.4 Å². The van der Waals surface area contributed by atoms with Crippen molar-refractivity contribution in [2.45, 2.75) is 11.4 Å². The predicted octanol–water partition coefficient (Wildman–Crippen LogP) is 4.09. The number of aromatic hydroxyl groups is 1. The molecule has 1 aliphatic rings. The highest BCUT2D eigenvalue weighted by molar-refractivity contribution is 7.90. The normalized spacial score (nSPS) is 14.9. The minimum atomic E-state index is -4.03. The maximum absolute atomic E-state index is 13.4. The van der Waals surface area contributed by atoms with Crippen LogP contribution in [0.5, 0.6) is 5.75 Å². The number of hydrogen-bond acceptors (Lipinski definition) is 7. The first-order valence-electron chi connectivity index (χ1n) is 8.64. The molecule has 0 fully saturated rings. The van der Waals surface area contributed by atoms with Gasteiger partial charge in [0.15, 0.2) is 11.6 Å². The number of nitrogens with zero attached hydrogens (tertiary/aromatic N) is 2. The van der Waals surface area contributed by atoms with E-state index in [1.807, 2.05) is 6.07 Å². The van der Waals surface area contributed by atoms with E-state index in [0.29, 0.717) is 20.2 Å². The van der Waals surface area contributed by atoms with Crippen molar-refractivity contribution in [1.82, 2.24) is 4.57 Å². The Labute approximate surface area is 183 Å². The number of aromatic nitrogens is 1. The lowest BCUT2D eigenvalue weighted by Crippen LogP contribution is -2.32. The molecule has 2 N–H and O–H groups in total. The van der Waals surface area contributed by atoms with Gasteiger partial charge in [0, 0.05) is 4.88 Å². The number of amidine groups is 1. The first-order chi connectivity index (χ1) is 14.3. The first kappa shape index (κ1) is 19.3. The molecule has 0 saturated carbocycles. The third kappa shape index (κ3) is 3.03. The number of thiophene rings is 2. The zero-order valence-electron chi connectivity index (χ0n) is 15.0. The molecule has 1 aliphatic heterocycles. The summed E-state index contributed by atoms with van der Waals surface area (Å²) in [7, 11) is -4.03. The van der Waals surface area contributed by atoms with Crippen LogP contribution in [0.3, 0.4) is 0 Å². The second kappa shape index (κ2) is 6.95. The van der Waals surface area contributed by atoms with E-state index in [1.165, 1.54) is 33.3 Å². The second-order valence-electron chi connectivity index (χ2n) is 6.49. The summed E-state index contributed by atoms with van der Waals surface area (Å²) >= 11 is 8.61. The van der Waals surface area contributed by atoms with Gasteiger partial charge in [-0.25, -0.2) is 0 Å². The van der Waals surface area contributed by atoms with Crippen LogP contribution in [0.4, 0.5) is 5.69 Å². The number of pyridine rings is 1. The maximum atomic E-state index is 13.4. The van der Waals surface area contributed by atoms with E-state index < -0.39 is 15.6 Å². The number of fused-ring (bicyclic) bond motifs is 2. The molecular weight excluding hydrogens is 466 g/mol. The summed E-state index contributed by atoms with van der Waals surface area (Å²) in [5.41, 5.74) is 0.106.